The number of hydrogen-bond acceptors (Lipinski definition) is 1. The molecule has 0 radical (unpaired) electrons. The van der Waals surface area contributed by atoms with Crippen molar-refractivity contribution in [1.29, 1.82) is 0 Å². The van der Waals surface area contributed by atoms with Crippen molar-refractivity contribution >= 4 is 49.6 Å². The molecule has 3 aliphatic carbocycles. The summed E-state index contributed by atoms with van der Waals surface area (Å²) in [6.07, 6.45) is 5.56. The molecule has 1 heterocycles. The molecule has 0 amide bonds. The minimum absolute atomic E-state index is 0.335. The van der Waals surface area contributed by atoms with Crippen LogP contribution in [0.1, 0.15) is 38.2 Å². The van der Waals surface area contributed by atoms with Crippen molar-refractivity contribution in [3.05, 3.63) is 194 Å². The molecule has 0 saturated heterocycles. The van der Waals surface area contributed by atoms with E-state index in [1.165, 1.54) is 97.6 Å². The van der Waals surface area contributed by atoms with E-state index in [9.17, 15) is 0 Å². The highest BCUT2D eigenvalue weighted by molar-refractivity contribution is 6.09. The first kappa shape index (κ1) is 33.7. The third-order valence-electron chi connectivity index (χ3n) is 14.3. The fourth-order valence-electron chi connectivity index (χ4n) is 12.0. The Morgan fingerprint density at radius 2 is 1.10 bits per heavy atom. The Morgan fingerprint density at radius 1 is 0.466 bits per heavy atom. The van der Waals surface area contributed by atoms with E-state index in [0.29, 0.717) is 5.41 Å². The first-order valence-electron chi connectivity index (χ1n) is 21.3. The van der Waals surface area contributed by atoms with Gasteiger partial charge in [0.05, 0.1) is 11.0 Å². The number of nitrogens with zero attached hydrogens (tertiary/aromatic N) is 2. The van der Waals surface area contributed by atoms with Crippen LogP contribution in [0.15, 0.2) is 188 Å². The molecule has 2 nitrogen and oxygen atoms in total. The van der Waals surface area contributed by atoms with Crippen molar-refractivity contribution in [3.8, 4) is 27.9 Å². The number of rotatable bonds is 7. The lowest BCUT2D eigenvalue weighted by molar-refractivity contribution is -0.159. The first-order valence-corrected chi connectivity index (χ1v) is 21.3. The van der Waals surface area contributed by atoms with Gasteiger partial charge in [0, 0.05) is 33.5 Å². The monoisotopic (exact) mass is 746 g/mol. The van der Waals surface area contributed by atoms with E-state index >= 15 is 0 Å². The summed E-state index contributed by atoms with van der Waals surface area (Å²) in [5.74, 6) is 3.52. The summed E-state index contributed by atoms with van der Waals surface area (Å²) in [5.41, 5.74) is 13.9. The van der Waals surface area contributed by atoms with E-state index in [0.717, 1.165) is 29.4 Å². The molecular weight excluding hydrogens is 701 g/mol. The summed E-state index contributed by atoms with van der Waals surface area (Å²) >= 11 is 0. The highest BCUT2D eigenvalue weighted by atomic mass is 15.1. The van der Waals surface area contributed by atoms with Gasteiger partial charge in [-0.2, -0.15) is 0 Å². The molecular formula is C56H46N2. The van der Waals surface area contributed by atoms with Gasteiger partial charge in [0.15, 0.2) is 0 Å². The molecule has 3 aliphatic rings. The molecule has 5 atom stereocenters. The summed E-state index contributed by atoms with van der Waals surface area (Å²) in [5, 5.41) is 5.10. The van der Waals surface area contributed by atoms with Gasteiger partial charge < -0.3 is 9.47 Å². The molecule has 280 valence electrons. The van der Waals surface area contributed by atoms with Crippen molar-refractivity contribution in [3.63, 3.8) is 0 Å². The molecule has 9 aromatic rings. The van der Waals surface area contributed by atoms with Crippen molar-refractivity contribution in [2.75, 3.05) is 4.90 Å². The molecule has 8 aromatic carbocycles. The van der Waals surface area contributed by atoms with Crippen LogP contribution in [0.5, 0.6) is 0 Å². The van der Waals surface area contributed by atoms with E-state index in [-0.39, 0.29) is 0 Å². The van der Waals surface area contributed by atoms with Crippen LogP contribution in [0.3, 0.4) is 0 Å². The van der Waals surface area contributed by atoms with E-state index < -0.39 is 0 Å². The molecule has 58 heavy (non-hydrogen) atoms. The van der Waals surface area contributed by atoms with Gasteiger partial charge in [-0.3, -0.25) is 0 Å². The molecule has 3 saturated carbocycles. The van der Waals surface area contributed by atoms with Crippen molar-refractivity contribution < 1.29 is 0 Å². The Balaban J connectivity index is 0.964. The van der Waals surface area contributed by atoms with Crippen molar-refractivity contribution in [2.45, 2.75) is 38.0 Å². The number of aromatic nitrogens is 1. The lowest BCUT2D eigenvalue weighted by Gasteiger charge is -2.70. The number of benzene rings is 8. The molecule has 0 spiro atoms. The second kappa shape index (κ2) is 13.1. The van der Waals surface area contributed by atoms with Crippen LogP contribution in [-0.2, 0) is 5.41 Å². The van der Waals surface area contributed by atoms with Crippen LogP contribution >= 0.6 is 0 Å². The minimum Gasteiger partial charge on any atom is -0.310 e. The summed E-state index contributed by atoms with van der Waals surface area (Å²) in [6.45, 7) is 2.50. The third kappa shape index (κ3) is 5.24. The Bertz CT molecular complexity index is 2970. The summed E-state index contributed by atoms with van der Waals surface area (Å²) in [4.78, 5) is 2.49. The van der Waals surface area contributed by atoms with Gasteiger partial charge in [-0.15, -0.1) is 0 Å². The number of hydrogen-bond donors (Lipinski definition) is 0. The summed E-state index contributed by atoms with van der Waals surface area (Å²) < 4.78 is 2.41. The zero-order chi connectivity index (χ0) is 38.4. The zero-order valence-electron chi connectivity index (χ0n) is 32.9. The smallest absolute Gasteiger partial charge is 0.0541 e. The molecule has 2 unspecified atom stereocenters. The number of anilines is 3. The van der Waals surface area contributed by atoms with E-state index in [1.54, 1.807) is 5.56 Å². The van der Waals surface area contributed by atoms with Gasteiger partial charge >= 0.3 is 0 Å². The maximum absolute atomic E-state index is 2.55. The predicted octanol–water partition coefficient (Wildman–Crippen LogP) is 15.1. The molecule has 1 aromatic heterocycles. The number of para-hydroxylation sites is 2. The maximum atomic E-state index is 2.55. The lowest BCUT2D eigenvalue weighted by Crippen LogP contribution is -2.65. The molecule has 0 bridgehead atoms. The molecule has 3 fully saturated rings. The van der Waals surface area contributed by atoms with Gasteiger partial charge in [0.25, 0.3) is 0 Å². The van der Waals surface area contributed by atoms with Gasteiger partial charge in [-0.25, -0.2) is 0 Å². The van der Waals surface area contributed by atoms with Crippen LogP contribution in [0.25, 0.3) is 60.5 Å². The first-order chi connectivity index (χ1) is 28.6. The van der Waals surface area contributed by atoms with Crippen LogP contribution in [0.2, 0.25) is 0 Å². The van der Waals surface area contributed by atoms with Crippen LogP contribution in [-0.4, -0.2) is 4.57 Å². The topological polar surface area (TPSA) is 8.17 Å². The summed E-state index contributed by atoms with van der Waals surface area (Å²) in [7, 11) is 0. The second-order valence-corrected chi connectivity index (χ2v) is 17.7. The highest BCUT2D eigenvalue weighted by Crippen LogP contribution is 2.71. The Labute approximate surface area is 341 Å². The standard InChI is InChI=1S/C56H46N2/c1-37-29-44-31-45-36-56(35-37,55(44)45)46-15-10-18-50(34-46)57(47-27-25-39(26-28-47)43-24-23-38-11-2-3-12-40(38)30-43)48-16-8-13-41(32-48)42-14-9-17-49(33-42)58-53-21-6-4-19-51(53)52-20-5-7-22-54(52)58/h2-28,30,32-34,37,44-45,55H,29,31,35-36H2,1H3/t37-,44-,45-,55?,56?/m0/s1. The van der Waals surface area contributed by atoms with Crippen LogP contribution in [0.4, 0.5) is 17.1 Å². The number of fused-ring (bicyclic) bond motifs is 4. The van der Waals surface area contributed by atoms with E-state index in [2.05, 4.69) is 204 Å². The highest BCUT2D eigenvalue weighted by Gasteiger charge is 2.65. The fourth-order valence-corrected chi connectivity index (χ4v) is 12.0. The molecule has 0 N–H and O–H groups in total. The Kier molecular flexibility index (Phi) is 7.61. The minimum atomic E-state index is 0.335. The SMILES string of the molecule is C[C@H]1C[C@H]2C[C@H]3CC(c4cccc(N(c5ccc(-c6ccc7ccccc7c6)cc5)c5cccc(-c6cccc(-n7c8ccccc8c8ccccc87)c6)c5)c4)(C1)C23. The zero-order valence-corrected chi connectivity index (χ0v) is 32.9. The third-order valence-corrected chi connectivity index (χ3v) is 14.3. The quantitative estimate of drug-likeness (QED) is 0.158. The van der Waals surface area contributed by atoms with E-state index in [4.69, 9.17) is 0 Å². The fraction of sp³-hybridized carbons (Fsp3) is 0.179. The summed E-state index contributed by atoms with van der Waals surface area (Å²) in [6, 6.07) is 70.0. The Hall–Kier alpha value is -6.38. The van der Waals surface area contributed by atoms with Gasteiger partial charge in [-0.05, 0) is 160 Å². The van der Waals surface area contributed by atoms with Gasteiger partial charge in [-0.1, -0.05) is 128 Å². The molecule has 12 rings (SSSR count). The Morgan fingerprint density at radius 3 is 1.88 bits per heavy atom. The van der Waals surface area contributed by atoms with Crippen LogP contribution < -0.4 is 4.90 Å². The average molecular weight is 747 g/mol. The second-order valence-electron chi connectivity index (χ2n) is 17.7. The normalized spacial score (nSPS) is 22.0. The average Bonchev–Trinajstić information content (AvgIpc) is 3.60. The predicted molar refractivity (Wildman–Crippen MR) is 244 cm³/mol. The molecule has 0 aliphatic heterocycles. The van der Waals surface area contributed by atoms with Gasteiger partial charge in [0.2, 0.25) is 0 Å². The largest absolute Gasteiger partial charge is 0.310 e. The lowest BCUT2D eigenvalue weighted by atomic mass is 9.34. The van der Waals surface area contributed by atoms with Crippen molar-refractivity contribution in [2.24, 2.45) is 23.7 Å². The van der Waals surface area contributed by atoms with E-state index in [1.807, 2.05) is 0 Å². The van der Waals surface area contributed by atoms with Gasteiger partial charge in [0.1, 0.15) is 0 Å². The molecule has 2 heteroatoms. The maximum Gasteiger partial charge on any atom is 0.0541 e. The van der Waals surface area contributed by atoms with Crippen LogP contribution in [0, 0.1) is 23.7 Å². The van der Waals surface area contributed by atoms with Crippen molar-refractivity contribution in [1.82, 2.24) is 4.57 Å².